The molecule has 0 atom stereocenters. The van der Waals surface area contributed by atoms with E-state index in [-0.39, 0.29) is 17.3 Å². The average Bonchev–Trinajstić information content (AvgIpc) is 3.19. The number of morpholine rings is 1. The molecule has 2 aliphatic heterocycles. The molecule has 2 fully saturated rings. The highest BCUT2D eigenvalue weighted by molar-refractivity contribution is 7.12. The van der Waals surface area contributed by atoms with E-state index < -0.39 is 0 Å². The third-order valence-corrected chi connectivity index (χ3v) is 7.06. The minimum atomic E-state index is -0.239. The number of thiophene rings is 1. The summed E-state index contributed by atoms with van der Waals surface area (Å²) >= 11 is 1.41. The molecule has 2 aromatic heterocycles. The number of aryl methyl sites for hydroxylation is 2. The molecule has 160 valence electrons. The van der Waals surface area contributed by atoms with Gasteiger partial charge in [0.15, 0.2) is 11.6 Å². The molecule has 4 rings (SSSR count). The second-order valence-electron chi connectivity index (χ2n) is 8.31. The molecule has 2 aromatic rings. The molecule has 0 saturated carbocycles. The van der Waals surface area contributed by atoms with Crippen molar-refractivity contribution in [2.75, 3.05) is 37.7 Å². The topological polar surface area (TPSA) is 75.6 Å². The van der Waals surface area contributed by atoms with Crippen molar-refractivity contribution in [3.05, 3.63) is 39.5 Å². The number of hydrogen-bond acceptors (Lipinski definition) is 7. The Hall–Kier alpha value is -2.32. The van der Waals surface area contributed by atoms with E-state index >= 15 is 0 Å². The van der Waals surface area contributed by atoms with Crippen LogP contribution in [0.25, 0.3) is 0 Å². The van der Waals surface area contributed by atoms with Gasteiger partial charge in [0.25, 0.3) is 0 Å². The van der Waals surface area contributed by atoms with Gasteiger partial charge in [-0.1, -0.05) is 0 Å². The number of ether oxygens (including phenoxy) is 1. The summed E-state index contributed by atoms with van der Waals surface area (Å²) in [6, 6.07) is 1.84. The number of nitrogens with zero attached hydrogens (tertiary/aromatic N) is 4. The Bertz CT molecular complexity index is 950. The molecule has 0 aliphatic carbocycles. The quantitative estimate of drug-likeness (QED) is 0.697. The van der Waals surface area contributed by atoms with Crippen LogP contribution in [0.5, 0.6) is 0 Å². The van der Waals surface area contributed by atoms with Crippen LogP contribution in [0.1, 0.15) is 46.4 Å². The Kier molecular flexibility index (Phi) is 5.88. The number of anilines is 1. The zero-order chi connectivity index (χ0) is 21.3. The van der Waals surface area contributed by atoms with Gasteiger partial charge < -0.3 is 14.5 Å². The molecule has 0 radical (unpaired) electrons. The van der Waals surface area contributed by atoms with E-state index in [1.165, 1.54) is 11.3 Å². The Morgan fingerprint density at radius 1 is 1.23 bits per heavy atom. The van der Waals surface area contributed by atoms with Crippen LogP contribution >= 0.6 is 11.3 Å². The van der Waals surface area contributed by atoms with Crippen LogP contribution in [0.3, 0.4) is 0 Å². The van der Waals surface area contributed by atoms with Gasteiger partial charge in [0.2, 0.25) is 5.91 Å². The van der Waals surface area contributed by atoms with E-state index in [1.807, 2.05) is 30.2 Å². The number of ketones is 1. The van der Waals surface area contributed by atoms with Crippen LogP contribution in [-0.2, 0) is 16.0 Å². The van der Waals surface area contributed by atoms with Gasteiger partial charge in [0.05, 0.1) is 34.9 Å². The van der Waals surface area contributed by atoms with E-state index in [0.29, 0.717) is 31.0 Å². The maximum atomic E-state index is 12.8. The van der Waals surface area contributed by atoms with Crippen molar-refractivity contribution in [2.45, 2.75) is 45.6 Å². The minimum absolute atomic E-state index is 0.0474. The summed E-state index contributed by atoms with van der Waals surface area (Å²) in [6.07, 6.45) is 3.78. The largest absolute Gasteiger partial charge is 0.371 e. The lowest BCUT2D eigenvalue weighted by Crippen LogP contribution is -2.58. The van der Waals surface area contributed by atoms with Gasteiger partial charge in [-0.15, -0.1) is 11.3 Å². The number of piperidine rings is 1. The Morgan fingerprint density at radius 2 is 2.00 bits per heavy atom. The predicted molar refractivity (Wildman–Crippen MR) is 116 cm³/mol. The standard InChI is InChI=1S/C22H28N4O3S/c1-15-12-23-16(2)21(24-15)26-8-9-29-22(14-26)4-6-25(7-5-22)20(28)11-18-10-19(17(3)27)30-13-18/h10,12-13H,4-9,11,14H2,1-3H3. The van der Waals surface area contributed by atoms with Crippen molar-refractivity contribution in [2.24, 2.45) is 0 Å². The number of likely N-dealkylation sites (tertiary alicyclic amines) is 1. The van der Waals surface area contributed by atoms with Crippen LogP contribution in [0.15, 0.2) is 17.6 Å². The fourth-order valence-corrected chi connectivity index (χ4v) is 5.07. The van der Waals surface area contributed by atoms with Gasteiger partial charge in [-0.2, -0.15) is 0 Å². The summed E-state index contributed by atoms with van der Waals surface area (Å²) in [7, 11) is 0. The molecule has 1 spiro atoms. The second kappa shape index (κ2) is 8.43. The Balaban J connectivity index is 1.37. The highest BCUT2D eigenvalue weighted by atomic mass is 32.1. The molecule has 0 bridgehead atoms. The summed E-state index contributed by atoms with van der Waals surface area (Å²) in [6.45, 7) is 9.13. The van der Waals surface area contributed by atoms with Crippen molar-refractivity contribution in [1.82, 2.24) is 14.9 Å². The SMILES string of the molecule is CC(=O)c1cc(CC(=O)N2CCC3(CC2)CN(c2nc(C)cnc2C)CCO3)cs1. The first-order valence-electron chi connectivity index (χ1n) is 10.4. The van der Waals surface area contributed by atoms with E-state index in [4.69, 9.17) is 9.72 Å². The van der Waals surface area contributed by atoms with Crippen LogP contribution in [0, 0.1) is 13.8 Å². The van der Waals surface area contributed by atoms with Crippen molar-refractivity contribution in [3.63, 3.8) is 0 Å². The van der Waals surface area contributed by atoms with Crippen LogP contribution < -0.4 is 4.90 Å². The summed E-state index contributed by atoms with van der Waals surface area (Å²) in [4.78, 5) is 38.3. The van der Waals surface area contributed by atoms with Gasteiger partial charge in [-0.05, 0) is 50.6 Å². The maximum Gasteiger partial charge on any atom is 0.227 e. The van der Waals surface area contributed by atoms with Gasteiger partial charge in [-0.25, -0.2) is 4.98 Å². The number of Topliss-reactive ketones (excluding diaryl/α,β-unsaturated/α-hetero) is 1. The molecule has 0 aromatic carbocycles. The Morgan fingerprint density at radius 3 is 2.70 bits per heavy atom. The van der Waals surface area contributed by atoms with Crippen molar-refractivity contribution in [3.8, 4) is 0 Å². The first kappa shape index (κ1) is 20.9. The van der Waals surface area contributed by atoms with Crippen LogP contribution in [-0.4, -0.2) is 64.9 Å². The maximum absolute atomic E-state index is 12.8. The third kappa shape index (κ3) is 4.39. The summed E-state index contributed by atoms with van der Waals surface area (Å²) in [5.74, 6) is 1.10. The zero-order valence-corrected chi connectivity index (χ0v) is 18.6. The normalized spacial score (nSPS) is 18.6. The second-order valence-corrected chi connectivity index (χ2v) is 9.22. The number of amides is 1. The molecule has 1 amide bonds. The van der Waals surface area contributed by atoms with E-state index in [9.17, 15) is 9.59 Å². The van der Waals surface area contributed by atoms with E-state index in [0.717, 1.165) is 48.7 Å². The number of aromatic nitrogens is 2. The average molecular weight is 429 g/mol. The van der Waals surface area contributed by atoms with E-state index in [2.05, 4.69) is 9.88 Å². The lowest BCUT2D eigenvalue weighted by atomic mass is 9.89. The van der Waals surface area contributed by atoms with Gasteiger partial charge in [0.1, 0.15) is 0 Å². The zero-order valence-electron chi connectivity index (χ0n) is 17.8. The molecule has 2 saturated heterocycles. The molecular formula is C22H28N4O3S. The molecule has 7 nitrogen and oxygen atoms in total. The fourth-order valence-electron chi connectivity index (χ4n) is 4.26. The van der Waals surface area contributed by atoms with Crippen LogP contribution in [0.2, 0.25) is 0 Å². The number of carbonyl (C=O) groups excluding carboxylic acids is 2. The molecular weight excluding hydrogens is 400 g/mol. The molecule has 30 heavy (non-hydrogen) atoms. The summed E-state index contributed by atoms with van der Waals surface area (Å²) < 4.78 is 6.24. The third-order valence-electron chi connectivity index (χ3n) is 5.98. The molecule has 4 heterocycles. The Labute approximate surface area is 181 Å². The summed E-state index contributed by atoms with van der Waals surface area (Å²) in [5.41, 5.74) is 2.53. The first-order chi connectivity index (χ1) is 14.3. The van der Waals surface area contributed by atoms with Crippen LogP contribution in [0.4, 0.5) is 5.82 Å². The molecule has 2 aliphatic rings. The lowest BCUT2D eigenvalue weighted by molar-refractivity contribution is -0.138. The number of hydrogen-bond donors (Lipinski definition) is 0. The lowest BCUT2D eigenvalue weighted by Gasteiger charge is -2.47. The van der Waals surface area contributed by atoms with Gasteiger partial charge >= 0.3 is 0 Å². The highest BCUT2D eigenvalue weighted by Crippen LogP contribution is 2.32. The molecule has 0 unspecified atom stereocenters. The monoisotopic (exact) mass is 428 g/mol. The van der Waals surface area contributed by atoms with Gasteiger partial charge in [0, 0.05) is 32.4 Å². The smallest absolute Gasteiger partial charge is 0.227 e. The fraction of sp³-hybridized carbons (Fsp3) is 0.545. The van der Waals surface area contributed by atoms with Crippen molar-refractivity contribution >= 4 is 28.8 Å². The van der Waals surface area contributed by atoms with E-state index in [1.54, 1.807) is 13.1 Å². The van der Waals surface area contributed by atoms with Crippen molar-refractivity contribution in [1.29, 1.82) is 0 Å². The van der Waals surface area contributed by atoms with Crippen molar-refractivity contribution < 1.29 is 14.3 Å². The number of carbonyl (C=O) groups is 2. The molecule has 0 N–H and O–H groups in total. The summed E-state index contributed by atoms with van der Waals surface area (Å²) in [5, 5.41) is 1.91. The molecule has 8 heteroatoms. The highest BCUT2D eigenvalue weighted by Gasteiger charge is 2.41. The van der Waals surface area contributed by atoms with Gasteiger partial charge in [-0.3, -0.25) is 14.6 Å². The predicted octanol–water partition coefficient (Wildman–Crippen LogP) is 2.80. The first-order valence-corrected chi connectivity index (χ1v) is 11.3. The minimum Gasteiger partial charge on any atom is -0.371 e. The number of rotatable bonds is 4.